The molecule has 2 aliphatic rings. The summed E-state index contributed by atoms with van der Waals surface area (Å²) < 4.78 is 0. The minimum atomic E-state index is -0.882. The number of carboxylic acids is 1. The summed E-state index contributed by atoms with van der Waals surface area (Å²) in [4.78, 5) is 10.9. The van der Waals surface area contributed by atoms with E-state index in [1.807, 2.05) is 12.1 Å². The van der Waals surface area contributed by atoms with Crippen LogP contribution < -0.4 is 5.46 Å². The Bertz CT molecular complexity index is 816. The Morgan fingerprint density at radius 1 is 1.09 bits per heavy atom. The lowest BCUT2D eigenvalue weighted by Crippen LogP contribution is -2.12. The summed E-state index contributed by atoms with van der Waals surface area (Å²) in [5.41, 5.74) is 6.85. The van der Waals surface area contributed by atoms with E-state index in [0.29, 0.717) is 11.4 Å². The summed E-state index contributed by atoms with van der Waals surface area (Å²) in [6, 6.07) is 15.8. The van der Waals surface area contributed by atoms with Crippen LogP contribution in [0.3, 0.4) is 0 Å². The van der Waals surface area contributed by atoms with Gasteiger partial charge in [0.25, 0.3) is 0 Å². The fourth-order valence-electron chi connectivity index (χ4n) is 3.48. The standard InChI is InChI=1S/C19H15BO2/c21-19(22)13-7-5-12(6-8-13)14-9-10-18-16(11-14)15-3-1-2-4-17(15)20-18/h1-9,11,18,20H,10H2,(H,21,22). The van der Waals surface area contributed by atoms with Gasteiger partial charge in [-0.25, -0.2) is 4.79 Å². The third kappa shape index (κ3) is 2.10. The highest BCUT2D eigenvalue weighted by Gasteiger charge is 2.29. The average Bonchev–Trinajstić information content (AvgIpc) is 2.92. The highest BCUT2D eigenvalue weighted by atomic mass is 16.4. The number of carbonyl (C=O) groups is 1. The van der Waals surface area contributed by atoms with Crippen LogP contribution in [0.25, 0.3) is 11.1 Å². The Hall–Kier alpha value is -2.55. The molecule has 1 aliphatic carbocycles. The van der Waals surface area contributed by atoms with Crippen molar-refractivity contribution < 1.29 is 9.90 Å². The SMILES string of the molecule is O=C(O)c1ccc(C2=CCC3Bc4ccccc4C3=C2)cc1. The van der Waals surface area contributed by atoms with Crippen molar-refractivity contribution >= 4 is 29.9 Å². The summed E-state index contributed by atoms with van der Waals surface area (Å²) in [5, 5.41) is 8.99. The third-order valence-corrected chi connectivity index (χ3v) is 4.63. The van der Waals surface area contributed by atoms with Gasteiger partial charge in [-0.1, -0.05) is 54.0 Å². The lowest BCUT2D eigenvalue weighted by atomic mass is 9.61. The zero-order valence-electron chi connectivity index (χ0n) is 12.1. The van der Waals surface area contributed by atoms with Crippen molar-refractivity contribution in [3.05, 3.63) is 77.4 Å². The molecule has 0 bridgehead atoms. The summed E-state index contributed by atoms with van der Waals surface area (Å²) in [5.74, 6) is -0.285. The minimum Gasteiger partial charge on any atom is -0.478 e. The van der Waals surface area contributed by atoms with E-state index in [0.717, 1.165) is 19.3 Å². The molecule has 0 fully saturated rings. The van der Waals surface area contributed by atoms with Crippen LogP contribution in [0, 0.1) is 0 Å². The number of benzene rings is 2. The smallest absolute Gasteiger partial charge is 0.335 e. The predicted molar refractivity (Wildman–Crippen MR) is 90.9 cm³/mol. The summed E-state index contributed by atoms with van der Waals surface area (Å²) >= 11 is 0. The monoisotopic (exact) mass is 286 g/mol. The Labute approximate surface area is 130 Å². The molecule has 0 spiro atoms. The molecule has 1 unspecified atom stereocenters. The Balaban J connectivity index is 1.70. The first-order chi connectivity index (χ1) is 10.7. The van der Waals surface area contributed by atoms with Gasteiger partial charge in [-0.05, 0) is 46.6 Å². The van der Waals surface area contributed by atoms with Crippen LogP contribution in [0.5, 0.6) is 0 Å². The fourth-order valence-corrected chi connectivity index (χ4v) is 3.48. The number of allylic oxidation sites excluding steroid dienone is 4. The van der Waals surface area contributed by atoms with E-state index in [-0.39, 0.29) is 0 Å². The van der Waals surface area contributed by atoms with E-state index >= 15 is 0 Å². The Morgan fingerprint density at radius 2 is 1.86 bits per heavy atom. The van der Waals surface area contributed by atoms with Gasteiger partial charge in [0.15, 0.2) is 7.28 Å². The minimum absolute atomic E-state index is 0.330. The van der Waals surface area contributed by atoms with Gasteiger partial charge in [-0.2, -0.15) is 0 Å². The molecule has 0 saturated heterocycles. The van der Waals surface area contributed by atoms with E-state index < -0.39 is 5.97 Å². The van der Waals surface area contributed by atoms with Crippen LogP contribution >= 0.6 is 0 Å². The second kappa shape index (κ2) is 5.02. The van der Waals surface area contributed by atoms with Crippen molar-refractivity contribution in [2.24, 2.45) is 0 Å². The molecule has 4 rings (SSSR count). The zero-order chi connectivity index (χ0) is 15.1. The van der Waals surface area contributed by atoms with E-state index in [1.165, 1.54) is 22.2 Å². The molecule has 106 valence electrons. The molecular weight excluding hydrogens is 271 g/mol. The molecule has 0 radical (unpaired) electrons. The summed E-state index contributed by atoms with van der Waals surface area (Å²) in [6.07, 6.45) is 5.60. The molecular formula is C19H15BO2. The van der Waals surface area contributed by atoms with Gasteiger partial charge in [0.2, 0.25) is 0 Å². The predicted octanol–water partition coefficient (Wildman–Crippen LogP) is 3.12. The lowest BCUT2D eigenvalue weighted by molar-refractivity contribution is 0.0697. The molecule has 0 saturated carbocycles. The van der Waals surface area contributed by atoms with Crippen molar-refractivity contribution in [1.29, 1.82) is 0 Å². The van der Waals surface area contributed by atoms with Crippen molar-refractivity contribution in [3.8, 4) is 0 Å². The zero-order valence-corrected chi connectivity index (χ0v) is 12.1. The maximum atomic E-state index is 10.9. The van der Waals surface area contributed by atoms with Gasteiger partial charge in [0.1, 0.15) is 0 Å². The number of hydrogen-bond acceptors (Lipinski definition) is 1. The molecule has 3 heteroatoms. The van der Waals surface area contributed by atoms with E-state index in [2.05, 4.69) is 36.4 Å². The van der Waals surface area contributed by atoms with Crippen LogP contribution in [0.2, 0.25) is 5.82 Å². The molecule has 1 aliphatic heterocycles. The average molecular weight is 286 g/mol. The maximum Gasteiger partial charge on any atom is 0.335 e. The van der Waals surface area contributed by atoms with Gasteiger partial charge in [0, 0.05) is 0 Å². The van der Waals surface area contributed by atoms with Crippen LogP contribution in [0.15, 0.2) is 60.7 Å². The molecule has 1 atom stereocenters. The first kappa shape index (κ1) is 13.1. The molecule has 0 aromatic heterocycles. The van der Waals surface area contributed by atoms with Crippen molar-refractivity contribution in [2.75, 3.05) is 0 Å². The third-order valence-electron chi connectivity index (χ3n) is 4.63. The highest BCUT2D eigenvalue weighted by molar-refractivity contribution is 6.62. The Morgan fingerprint density at radius 3 is 2.64 bits per heavy atom. The number of fused-ring (bicyclic) bond motifs is 3. The van der Waals surface area contributed by atoms with E-state index in [4.69, 9.17) is 5.11 Å². The summed E-state index contributed by atoms with van der Waals surface area (Å²) in [6.45, 7) is 0. The van der Waals surface area contributed by atoms with Crippen molar-refractivity contribution in [1.82, 2.24) is 0 Å². The van der Waals surface area contributed by atoms with E-state index in [9.17, 15) is 4.79 Å². The molecule has 0 amide bonds. The molecule has 2 aromatic carbocycles. The van der Waals surface area contributed by atoms with Gasteiger partial charge in [-0.3, -0.25) is 0 Å². The van der Waals surface area contributed by atoms with Gasteiger partial charge >= 0.3 is 5.97 Å². The molecule has 2 aromatic rings. The normalized spacial score (nSPS) is 18.6. The van der Waals surface area contributed by atoms with Crippen LogP contribution in [-0.2, 0) is 0 Å². The van der Waals surface area contributed by atoms with E-state index in [1.54, 1.807) is 12.1 Å². The lowest BCUT2D eigenvalue weighted by Gasteiger charge is -2.18. The van der Waals surface area contributed by atoms with Crippen LogP contribution in [0.4, 0.5) is 0 Å². The van der Waals surface area contributed by atoms with Crippen molar-refractivity contribution in [3.63, 3.8) is 0 Å². The largest absolute Gasteiger partial charge is 0.478 e. The molecule has 22 heavy (non-hydrogen) atoms. The second-order valence-corrected chi connectivity index (χ2v) is 5.94. The highest BCUT2D eigenvalue weighted by Crippen LogP contribution is 2.41. The number of rotatable bonds is 2. The number of hydrogen-bond donors (Lipinski definition) is 1. The maximum absolute atomic E-state index is 10.9. The second-order valence-electron chi connectivity index (χ2n) is 5.94. The van der Waals surface area contributed by atoms with Crippen LogP contribution in [-0.4, -0.2) is 18.4 Å². The first-order valence-corrected chi connectivity index (χ1v) is 7.56. The topological polar surface area (TPSA) is 37.3 Å². The Kier molecular flexibility index (Phi) is 3.00. The molecule has 2 nitrogen and oxygen atoms in total. The first-order valence-electron chi connectivity index (χ1n) is 7.56. The van der Waals surface area contributed by atoms with Crippen molar-refractivity contribution in [2.45, 2.75) is 12.2 Å². The fraction of sp³-hybridized carbons (Fsp3) is 0.105. The van der Waals surface area contributed by atoms with Crippen LogP contribution in [0.1, 0.15) is 27.9 Å². The number of carboxylic acid groups (broad SMARTS) is 1. The van der Waals surface area contributed by atoms with Gasteiger partial charge in [-0.15, -0.1) is 0 Å². The summed E-state index contributed by atoms with van der Waals surface area (Å²) in [7, 11) is 1.13. The molecule has 1 N–H and O–H groups in total. The van der Waals surface area contributed by atoms with Gasteiger partial charge < -0.3 is 5.11 Å². The number of aromatic carboxylic acids is 1. The molecule has 1 heterocycles. The van der Waals surface area contributed by atoms with Gasteiger partial charge in [0.05, 0.1) is 5.56 Å². The quantitative estimate of drug-likeness (QED) is 0.861.